The van der Waals surface area contributed by atoms with Gasteiger partial charge >= 0.3 is 5.97 Å². The second kappa shape index (κ2) is 6.16. The first-order valence-electron chi connectivity index (χ1n) is 7.11. The van der Waals surface area contributed by atoms with E-state index in [1.165, 1.54) is 0 Å². The minimum absolute atomic E-state index is 0.0556. The van der Waals surface area contributed by atoms with Gasteiger partial charge < -0.3 is 15.2 Å². The quantitative estimate of drug-likeness (QED) is 0.807. The Morgan fingerprint density at radius 1 is 1.43 bits per heavy atom. The van der Waals surface area contributed by atoms with E-state index in [9.17, 15) is 9.59 Å². The van der Waals surface area contributed by atoms with Crippen molar-refractivity contribution in [3.63, 3.8) is 0 Å². The highest BCUT2D eigenvalue weighted by Crippen LogP contribution is 2.45. The Bertz CT molecular complexity index is 537. The van der Waals surface area contributed by atoms with Crippen molar-refractivity contribution >= 4 is 11.9 Å². The fourth-order valence-electron chi connectivity index (χ4n) is 2.30. The van der Waals surface area contributed by atoms with Gasteiger partial charge in [0.25, 0.3) is 0 Å². The lowest BCUT2D eigenvalue weighted by Crippen LogP contribution is -2.34. The number of carboxylic acids is 1. The molecule has 1 aliphatic carbocycles. The summed E-state index contributed by atoms with van der Waals surface area (Å²) >= 11 is 0. The average molecular weight is 291 g/mol. The summed E-state index contributed by atoms with van der Waals surface area (Å²) < 4.78 is 5.17. The van der Waals surface area contributed by atoms with E-state index in [4.69, 9.17) is 9.84 Å². The molecule has 5 heteroatoms. The number of rotatable bonds is 7. The first kappa shape index (κ1) is 15.4. The Hall–Kier alpha value is -2.04. The minimum atomic E-state index is -0.816. The van der Waals surface area contributed by atoms with Crippen LogP contribution in [0, 0.1) is 5.41 Å². The predicted molar refractivity (Wildman–Crippen MR) is 78.3 cm³/mol. The van der Waals surface area contributed by atoms with Crippen molar-refractivity contribution < 1.29 is 19.4 Å². The zero-order chi connectivity index (χ0) is 15.5. The molecular weight excluding hydrogens is 270 g/mol. The lowest BCUT2D eigenvalue weighted by molar-refractivity contribution is -0.143. The van der Waals surface area contributed by atoms with E-state index in [0.29, 0.717) is 19.3 Å². The third kappa shape index (κ3) is 3.74. The second-order valence-electron chi connectivity index (χ2n) is 5.74. The van der Waals surface area contributed by atoms with Gasteiger partial charge in [-0.05, 0) is 36.5 Å². The molecule has 1 aliphatic rings. The molecule has 1 fully saturated rings. The second-order valence-corrected chi connectivity index (χ2v) is 5.74. The summed E-state index contributed by atoms with van der Waals surface area (Å²) in [4.78, 5) is 23.0. The van der Waals surface area contributed by atoms with Gasteiger partial charge in [0.2, 0.25) is 5.91 Å². The fraction of sp³-hybridized carbons (Fsp3) is 0.500. The van der Waals surface area contributed by atoms with E-state index in [-0.39, 0.29) is 18.4 Å². The van der Waals surface area contributed by atoms with Crippen LogP contribution in [0.5, 0.6) is 5.75 Å². The van der Waals surface area contributed by atoms with Gasteiger partial charge in [-0.25, -0.2) is 0 Å². The molecule has 0 bridgehead atoms. The predicted octanol–water partition coefficient (Wildman–Crippen LogP) is 2.17. The number of carbonyl (C=O) groups excluding carboxylic acids is 1. The number of hydrogen-bond donors (Lipinski definition) is 2. The zero-order valence-electron chi connectivity index (χ0n) is 12.4. The number of methoxy groups -OCH3 is 1. The lowest BCUT2D eigenvalue weighted by Gasteiger charge is -2.15. The normalized spacial score (nSPS) is 16.9. The van der Waals surface area contributed by atoms with Gasteiger partial charge in [0, 0.05) is 13.0 Å². The molecule has 0 aromatic heterocycles. The number of ether oxygens (including phenoxy) is 1. The van der Waals surface area contributed by atoms with Crippen molar-refractivity contribution in [2.24, 2.45) is 5.41 Å². The Labute approximate surface area is 124 Å². The molecule has 0 heterocycles. The number of nitrogens with one attached hydrogen (secondary N) is 1. The van der Waals surface area contributed by atoms with Gasteiger partial charge in [-0.1, -0.05) is 19.1 Å². The molecule has 0 spiro atoms. The summed E-state index contributed by atoms with van der Waals surface area (Å²) in [5.41, 5.74) is 0.318. The monoisotopic (exact) mass is 291 g/mol. The van der Waals surface area contributed by atoms with Crippen LogP contribution in [-0.4, -0.2) is 30.6 Å². The fourth-order valence-corrected chi connectivity index (χ4v) is 2.30. The molecule has 21 heavy (non-hydrogen) atoms. The minimum Gasteiger partial charge on any atom is -0.497 e. The smallest absolute Gasteiger partial charge is 0.311 e. The van der Waals surface area contributed by atoms with Crippen molar-refractivity contribution in [1.29, 1.82) is 0 Å². The van der Waals surface area contributed by atoms with Crippen LogP contribution in [0.2, 0.25) is 0 Å². The summed E-state index contributed by atoms with van der Waals surface area (Å²) in [6.45, 7) is 2.20. The number of benzene rings is 1. The summed E-state index contributed by atoms with van der Waals surface area (Å²) in [5, 5.41) is 11.8. The SMILES string of the molecule is COc1cccc(C(C)CC(=O)NCC2(C(=O)O)CC2)c1. The van der Waals surface area contributed by atoms with E-state index in [1.54, 1.807) is 7.11 Å². The molecule has 1 aromatic carbocycles. The molecule has 1 unspecified atom stereocenters. The molecule has 2 rings (SSSR count). The van der Waals surface area contributed by atoms with E-state index in [0.717, 1.165) is 11.3 Å². The maximum Gasteiger partial charge on any atom is 0.311 e. The Morgan fingerprint density at radius 2 is 2.14 bits per heavy atom. The van der Waals surface area contributed by atoms with Crippen LogP contribution in [0.3, 0.4) is 0 Å². The number of aliphatic carboxylic acids is 1. The van der Waals surface area contributed by atoms with Gasteiger partial charge in [-0.3, -0.25) is 9.59 Å². The van der Waals surface area contributed by atoms with Gasteiger partial charge in [-0.15, -0.1) is 0 Å². The molecule has 5 nitrogen and oxygen atoms in total. The molecular formula is C16H21NO4. The van der Waals surface area contributed by atoms with Crippen LogP contribution in [-0.2, 0) is 9.59 Å². The van der Waals surface area contributed by atoms with Gasteiger partial charge in [0.1, 0.15) is 5.75 Å². The maximum absolute atomic E-state index is 11.9. The Morgan fingerprint density at radius 3 is 2.71 bits per heavy atom. The molecule has 0 radical (unpaired) electrons. The van der Waals surface area contributed by atoms with Gasteiger partial charge in [0.05, 0.1) is 12.5 Å². The molecule has 2 N–H and O–H groups in total. The molecule has 114 valence electrons. The average Bonchev–Trinajstić information content (AvgIpc) is 3.26. The molecule has 0 saturated heterocycles. The Balaban J connectivity index is 1.86. The lowest BCUT2D eigenvalue weighted by atomic mass is 9.97. The Kier molecular flexibility index (Phi) is 4.50. The molecule has 1 atom stereocenters. The molecule has 0 aliphatic heterocycles. The highest BCUT2D eigenvalue weighted by atomic mass is 16.5. The van der Waals surface area contributed by atoms with E-state index >= 15 is 0 Å². The highest BCUT2D eigenvalue weighted by molar-refractivity contribution is 5.81. The van der Waals surface area contributed by atoms with Crippen molar-refractivity contribution in [1.82, 2.24) is 5.32 Å². The van der Waals surface area contributed by atoms with E-state index in [1.807, 2.05) is 31.2 Å². The summed E-state index contributed by atoms with van der Waals surface area (Å²) in [7, 11) is 1.61. The first-order chi connectivity index (χ1) is 9.97. The zero-order valence-corrected chi connectivity index (χ0v) is 12.4. The number of carbonyl (C=O) groups is 2. The van der Waals surface area contributed by atoms with Crippen LogP contribution in [0.25, 0.3) is 0 Å². The summed E-state index contributed by atoms with van der Waals surface area (Å²) in [6.07, 6.45) is 1.63. The highest BCUT2D eigenvalue weighted by Gasteiger charge is 2.50. The maximum atomic E-state index is 11.9. The third-order valence-electron chi connectivity index (χ3n) is 4.09. The van der Waals surface area contributed by atoms with Crippen molar-refractivity contribution in [2.75, 3.05) is 13.7 Å². The van der Waals surface area contributed by atoms with Crippen molar-refractivity contribution in [2.45, 2.75) is 32.1 Å². The van der Waals surface area contributed by atoms with Crippen LogP contribution >= 0.6 is 0 Å². The van der Waals surface area contributed by atoms with Crippen LogP contribution < -0.4 is 10.1 Å². The van der Waals surface area contributed by atoms with Crippen LogP contribution in [0.15, 0.2) is 24.3 Å². The van der Waals surface area contributed by atoms with Crippen LogP contribution in [0.4, 0.5) is 0 Å². The standard InChI is InChI=1S/C16H21NO4/c1-11(12-4-3-5-13(9-12)21-2)8-14(18)17-10-16(6-7-16)15(19)20/h3-5,9,11H,6-8,10H2,1-2H3,(H,17,18)(H,19,20). The molecule has 1 saturated carbocycles. The van der Waals surface area contributed by atoms with Gasteiger partial charge in [0.15, 0.2) is 0 Å². The summed E-state index contributed by atoms with van der Waals surface area (Å²) in [6, 6.07) is 7.63. The largest absolute Gasteiger partial charge is 0.497 e. The van der Waals surface area contributed by atoms with E-state index in [2.05, 4.69) is 5.32 Å². The molecule has 1 aromatic rings. The third-order valence-corrected chi connectivity index (χ3v) is 4.09. The number of carboxylic acid groups (broad SMARTS) is 1. The summed E-state index contributed by atoms with van der Waals surface area (Å²) in [5.74, 6) is -0.107. The first-order valence-corrected chi connectivity index (χ1v) is 7.11. The van der Waals surface area contributed by atoms with Crippen LogP contribution in [0.1, 0.15) is 37.7 Å². The molecule has 1 amide bonds. The van der Waals surface area contributed by atoms with E-state index < -0.39 is 11.4 Å². The van der Waals surface area contributed by atoms with Gasteiger partial charge in [-0.2, -0.15) is 0 Å². The van der Waals surface area contributed by atoms with Crippen molar-refractivity contribution in [3.8, 4) is 5.75 Å². The van der Waals surface area contributed by atoms with Crippen molar-refractivity contribution in [3.05, 3.63) is 29.8 Å². The number of hydrogen-bond acceptors (Lipinski definition) is 3. The number of amides is 1. The topological polar surface area (TPSA) is 75.6 Å².